The zero-order valence-electron chi connectivity index (χ0n) is 10.3. The van der Waals surface area contributed by atoms with Crippen LogP contribution in [0.25, 0.3) is 0 Å². The number of aromatic nitrogens is 2. The third-order valence-corrected chi connectivity index (χ3v) is 3.44. The molecule has 0 amide bonds. The molecule has 1 aliphatic rings. The molecular formula is C12H22N4. The molecule has 1 aliphatic heterocycles. The van der Waals surface area contributed by atoms with E-state index in [1.54, 1.807) is 0 Å². The summed E-state index contributed by atoms with van der Waals surface area (Å²) < 4.78 is 2.19. The van der Waals surface area contributed by atoms with Crippen molar-refractivity contribution in [1.29, 1.82) is 0 Å². The largest absolute Gasteiger partial charge is 0.332 e. The minimum atomic E-state index is 0.0632. The summed E-state index contributed by atoms with van der Waals surface area (Å²) >= 11 is 0. The van der Waals surface area contributed by atoms with Gasteiger partial charge in [-0.15, -0.1) is 0 Å². The third kappa shape index (κ3) is 2.44. The van der Waals surface area contributed by atoms with E-state index < -0.39 is 0 Å². The zero-order valence-corrected chi connectivity index (χ0v) is 10.3. The summed E-state index contributed by atoms with van der Waals surface area (Å²) in [4.78, 5) is 6.73. The van der Waals surface area contributed by atoms with Gasteiger partial charge in [-0.2, -0.15) is 0 Å². The Morgan fingerprint density at radius 1 is 1.38 bits per heavy atom. The Labute approximate surface area is 97.4 Å². The van der Waals surface area contributed by atoms with Crippen LogP contribution in [-0.2, 0) is 6.54 Å². The average Bonchev–Trinajstić information content (AvgIpc) is 2.86. The Morgan fingerprint density at radius 2 is 2.06 bits per heavy atom. The number of hydrogen-bond acceptors (Lipinski definition) is 3. The lowest BCUT2D eigenvalue weighted by atomic mass is 10.2. The Morgan fingerprint density at radius 3 is 2.69 bits per heavy atom. The van der Waals surface area contributed by atoms with Gasteiger partial charge in [0.2, 0.25) is 0 Å². The molecular weight excluding hydrogens is 200 g/mol. The lowest BCUT2D eigenvalue weighted by Crippen LogP contribution is -2.34. The predicted molar refractivity (Wildman–Crippen MR) is 65.1 cm³/mol. The fourth-order valence-corrected chi connectivity index (χ4v) is 2.45. The van der Waals surface area contributed by atoms with E-state index in [1.165, 1.54) is 25.9 Å². The van der Waals surface area contributed by atoms with Gasteiger partial charge in [-0.3, -0.25) is 4.90 Å². The summed E-state index contributed by atoms with van der Waals surface area (Å²) in [6.45, 7) is 7.77. The number of nitrogens with zero attached hydrogens (tertiary/aromatic N) is 3. The van der Waals surface area contributed by atoms with Crippen LogP contribution in [0.3, 0.4) is 0 Å². The SMILES string of the molecule is CC(N)c1cncn1CC(C)N1CCCC1. The van der Waals surface area contributed by atoms with Gasteiger partial charge in [0.1, 0.15) is 0 Å². The molecule has 4 nitrogen and oxygen atoms in total. The molecule has 0 saturated carbocycles. The van der Waals surface area contributed by atoms with Crippen molar-refractivity contribution in [2.24, 2.45) is 5.73 Å². The monoisotopic (exact) mass is 222 g/mol. The molecule has 2 N–H and O–H groups in total. The predicted octanol–water partition coefficient (Wildman–Crippen LogP) is 1.39. The van der Waals surface area contributed by atoms with Crippen LogP contribution in [-0.4, -0.2) is 33.6 Å². The van der Waals surface area contributed by atoms with Crippen molar-refractivity contribution in [3.8, 4) is 0 Å². The van der Waals surface area contributed by atoms with Crippen LogP contribution in [0.5, 0.6) is 0 Å². The molecule has 2 atom stereocenters. The fraction of sp³-hybridized carbons (Fsp3) is 0.750. The molecule has 1 aromatic rings. The van der Waals surface area contributed by atoms with Gasteiger partial charge in [0.25, 0.3) is 0 Å². The lowest BCUT2D eigenvalue weighted by Gasteiger charge is -2.25. The Bertz CT molecular complexity index is 326. The Kier molecular flexibility index (Phi) is 3.61. The van der Waals surface area contributed by atoms with Crippen molar-refractivity contribution in [2.75, 3.05) is 13.1 Å². The van der Waals surface area contributed by atoms with Gasteiger partial charge in [-0.25, -0.2) is 4.98 Å². The minimum absolute atomic E-state index is 0.0632. The second kappa shape index (κ2) is 4.97. The topological polar surface area (TPSA) is 47.1 Å². The highest BCUT2D eigenvalue weighted by atomic mass is 15.2. The van der Waals surface area contributed by atoms with Crippen molar-refractivity contribution in [2.45, 2.75) is 45.3 Å². The highest BCUT2D eigenvalue weighted by Crippen LogP contribution is 2.15. The van der Waals surface area contributed by atoms with E-state index in [9.17, 15) is 0 Å². The Balaban J connectivity index is 1.99. The van der Waals surface area contributed by atoms with Crippen molar-refractivity contribution in [3.05, 3.63) is 18.2 Å². The normalized spacial score (nSPS) is 21.2. The summed E-state index contributed by atoms with van der Waals surface area (Å²) in [5.74, 6) is 0. The maximum Gasteiger partial charge on any atom is 0.0949 e. The average molecular weight is 222 g/mol. The van der Waals surface area contributed by atoms with Crippen LogP contribution in [0.4, 0.5) is 0 Å². The van der Waals surface area contributed by atoms with Gasteiger partial charge in [-0.05, 0) is 39.8 Å². The molecule has 0 aromatic carbocycles. The molecule has 2 heterocycles. The molecule has 0 spiro atoms. The standard InChI is InChI=1S/C12H22N4/c1-10(15-5-3-4-6-15)8-16-9-14-7-12(16)11(2)13/h7,9-11H,3-6,8,13H2,1-2H3. The molecule has 0 radical (unpaired) electrons. The molecule has 2 rings (SSSR count). The highest BCUT2D eigenvalue weighted by molar-refractivity contribution is 5.03. The number of nitrogens with two attached hydrogens (primary N) is 1. The summed E-state index contributed by atoms with van der Waals surface area (Å²) in [6, 6.07) is 0.641. The van der Waals surface area contributed by atoms with Crippen molar-refractivity contribution >= 4 is 0 Å². The lowest BCUT2D eigenvalue weighted by molar-refractivity contribution is 0.234. The van der Waals surface area contributed by atoms with E-state index in [0.29, 0.717) is 6.04 Å². The van der Waals surface area contributed by atoms with E-state index in [4.69, 9.17) is 5.73 Å². The molecule has 16 heavy (non-hydrogen) atoms. The molecule has 2 unspecified atom stereocenters. The van der Waals surface area contributed by atoms with Crippen LogP contribution < -0.4 is 5.73 Å². The second-order valence-electron chi connectivity index (χ2n) is 4.85. The first-order valence-corrected chi connectivity index (χ1v) is 6.18. The molecule has 90 valence electrons. The van der Waals surface area contributed by atoms with Gasteiger partial charge in [-0.1, -0.05) is 0 Å². The van der Waals surface area contributed by atoms with Gasteiger partial charge in [0, 0.05) is 24.8 Å². The third-order valence-electron chi connectivity index (χ3n) is 3.44. The summed E-state index contributed by atoms with van der Waals surface area (Å²) in [5.41, 5.74) is 7.04. The van der Waals surface area contributed by atoms with Gasteiger partial charge < -0.3 is 10.3 Å². The molecule has 1 aromatic heterocycles. The first-order chi connectivity index (χ1) is 7.68. The van der Waals surface area contributed by atoms with Gasteiger partial charge in [0.05, 0.1) is 12.0 Å². The number of hydrogen-bond donors (Lipinski definition) is 1. The first-order valence-electron chi connectivity index (χ1n) is 6.18. The van der Waals surface area contributed by atoms with Crippen LogP contribution in [0.1, 0.15) is 38.4 Å². The van der Waals surface area contributed by atoms with E-state index >= 15 is 0 Å². The maximum absolute atomic E-state index is 5.91. The number of likely N-dealkylation sites (tertiary alicyclic amines) is 1. The van der Waals surface area contributed by atoms with Gasteiger partial charge in [0.15, 0.2) is 0 Å². The van der Waals surface area contributed by atoms with Crippen LogP contribution in [0.2, 0.25) is 0 Å². The number of imidazole rings is 1. The van der Waals surface area contributed by atoms with Crippen molar-refractivity contribution in [1.82, 2.24) is 14.5 Å². The second-order valence-corrected chi connectivity index (χ2v) is 4.85. The molecule has 0 bridgehead atoms. The Hall–Kier alpha value is -0.870. The van der Waals surface area contributed by atoms with E-state index in [2.05, 4.69) is 21.4 Å². The molecule has 0 aliphatic carbocycles. The molecule has 1 fully saturated rings. The minimum Gasteiger partial charge on any atom is -0.332 e. The molecule has 4 heteroatoms. The maximum atomic E-state index is 5.91. The fourth-order valence-electron chi connectivity index (χ4n) is 2.45. The summed E-state index contributed by atoms with van der Waals surface area (Å²) in [7, 11) is 0. The quantitative estimate of drug-likeness (QED) is 0.837. The van der Waals surface area contributed by atoms with E-state index in [-0.39, 0.29) is 6.04 Å². The molecule has 1 saturated heterocycles. The van der Waals surface area contributed by atoms with E-state index in [1.807, 2.05) is 19.4 Å². The van der Waals surface area contributed by atoms with Crippen LogP contribution in [0.15, 0.2) is 12.5 Å². The zero-order chi connectivity index (χ0) is 11.5. The van der Waals surface area contributed by atoms with Gasteiger partial charge >= 0.3 is 0 Å². The highest BCUT2D eigenvalue weighted by Gasteiger charge is 2.19. The van der Waals surface area contributed by atoms with Crippen molar-refractivity contribution < 1.29 is 0 Å². The van der Waals surface area contributed by atoms with Crippen molar-refractivity contribution in [3.63, 3.8) is 0 Å². The van der Waals surface area contributed by atoms with Crippen LogP contribution in [0, 0.1) is 0 Å². The van der Waals surface area contributed by atoms with E-state index in [0.717, 1.165) is 12.2 Å². The summed E-state index contributed by atoms with van der Waals surface area (Å²) in [6.07, 6.45) is 6.45. The smallest absolute Gasteiger partial charge is 0.0949 e. The summed E-state index contributed by atoms with van der Waals surface area (Å²) in [5, 5.41) is 0. The first kappa shape index (κ1) is 11.6. The number of rotatable bonds is 4. The van der Waals surface area contributed by atoms with Crippen LogP contribution >= 0.6 is 0 Å².